The number of hydrogen-bond acceptors (Lipinski definition) is 7. The lowest BCUT2D eigenvalue weighted by molar-refractivity contribution is -0.148. The third kappa shape index (κ3) is 5.21. The Bertz CT molecular complexity index is 1110. The van der Waals surface area contributed by atoms with Crippen molar-refractivity contribution in [2.24, 2.45) is 0 Å². The summed E-state index contributed by atoms with van der Waals surface area (Å²) >= 11 is 0. The number of esters is 1. The highest BCUT2D eigenvalue weighted by atomic mass is 16.7. The summed E-state index contributed by atoms with van der Waals surface area (Å²) in [5, 5.41) is 5.15. The molecule has 0 unspecified atom stereocenters. The van der Waals surface area contributed by atoms with Gasteiger partial charge in [-0.15, -0.1) is 0 Å². The lowest BCUT2D eigenvalue weighted by Crippen LogP contribution is -2.54. The Hall–Kier alpha value is -3.69. The van der Waals surface area contributed by atoms with Gasteiger partial charge in [-0.25, -0.2) is 4.79 Å². The van der Waals surface area contributed by atoms with Crippen LogP contribution in [0.5, 0.6) is 0 Å². The second-order valence-electron chi connectivity index (χ2n) is 7.40. The summed E-state index contributed by atoms with van der Waals surface area (Å²) < 4.78 is 21.4. The molecule has 33 heavy (non-hydrogen) atoms. The van der Waals surface area contributed by atoms with Gasteiger partial charge in [-0.2, -0.15) is 0 Å². The van der Waals surface area contributed by atoms with E-state index in [4.69, 9.17) is 18.6 Å². The maximum absolute atomic E-state index is 13.1. The number of carbonyl (C=O) groups is 3. The van der Waals surface area contributed by atoms with E-state index in [-0.39, 0.29) is 5.70 Å². The zero-order valence-electron chi connectivity index (χ0n) is 19.1. The van der Waals surface area contributed by atoms with Crippen LogP contribution in [0.3, 0.4) is 0 Å². The molecule has 9 nitrogen and oxygen atoms in total. The number of benzene rings is 1. The third-order valence-corrected chi connectivity index (χ3v) is 5.16. The highest BCUT2D eigenvalue weighted by Crippen LogP contribution is 2.32. The van der Waals surface area contributed by atoms with E-state index in [1.165, 1.54) is 14.2 Å². The minimum absolute atomic E-state index is 0.0393. The molecule has 174 valence electrons. The van der Waals surface area contributed by atoms with Crippen LogP contribution in [0.2, 0.25) is 0 Å². The lowest BCUT2D eigenvalue weighted by atomic mass is 10.1. The summed E-state index contributed by atoms with van der Waals surface area (Å²) in [5.41, 5.74) is 1.35. The highest BCUT2D eigenvalue weighted by Gasteiger charge is 2.36. The molecule has 3 rings (SSSR count). The Morgan fingerprint density at radius 1 is 1.00 bits per heavy atom. The summed E-state index contributed by atoms with van der Waals surface area (Å²) in [4.78, 5) is 38.3. The Morgan fingerprint density at radius 3 is 2.24 bits per heavy atom. The van der Waals surface area contributed by atoms with Gasteiger partial charge in [-0.1, -0.05) is 18.2 Å². The average Bonchev–Trinajstić information content (AvgIpc) is 3.37. The van der Waals surface area contributed by atoms with Crippen molar-refractivity contribution in [3.63, 3.8) is 0 Å². The van der Waals surface area contributed by atoms with Gasteiger partial charge in [0.15, 0.2) is 12.3 Å². The molecule has 2 N–H and O–H groups in total. The minimum Gasteiger partial charge on any atom is -0.462 e. The maximum Gasteiger partial charge on any atom is 0.360 e. The first-order chi connectivity index (χ1) is 15.8. The molecule has 1 aliphatic heterocycles. The Labute approximate surface area is 191 Å². The average molecular weight is 454 g/mol. The lowest BCUT2D eigenvalue weighted by Gasteiger charge is -2.25. The summed E-state index contributed by atoms with van der Waals surface area (Å²) in [6.45, 7) is 5.21. The van der Waals surface area contributed by atoms with Gasteiger partial charge in [0, 0.05) is 30.9 Å². The molecule has 1 aromatic carbocycles. The SMILES string of the molecule is COC(OC)[C@@H](NC(=O)c1ccccc1)C(=O)NC1=C(C)/C(=C(\C)c2ccc(C)o2)OC1=O. The first-order valence-corrected chi connectivity index (χ1v) is 10.2. The van der Waals surface area contributed by atoms with Crippen LogP contribution in [-0.2, 0) is 23.8 Å². The Morgan fingerprint density at radius 2 is 1.67 bits per heavy atom. The number of aryl methyl sites for hydroxylation is 1. The van der Waals surface area contributed by atoms with E-state index in [9.17, 15) is 14.4 Å². The van der Waals surface area contributed by atoms with Crippen molar-refractivity contribution in [2.75, 3.05) is 14.2 Å². The number of hydrogen-bond donors (Lipinski definition) is 2. The maximum atomic E-state index is 13.1. The van der Waals surface area contributed by atoms with Crippen molar-refractivity contribution < 1.29 is 33.0 Å². The van der Waals surface area contributed by atoms with Crippen LogP contribution in [0, 0.1) is 6.92 Å². The van der Waals surface area contributed by atoms with Gasteiger partial charge < -0.3 is 29.3 Å². The second-order valence-corrected chi connectivity index (χ2v) is 7.40. The van der Waals surface area contributed by atoms with E-state index in [0.29, 0.717) is 34.0 Å². The van der Waals surface area contributed by atoms with E-state index in [0.717, 1.165) is 0 Å². The smallest absolute Gasteiger partial charge is 0.360 e. The number of allylic oxidation sites excluding steroid dienone is 2. The van der Waals surface area contributed by atoms with E-state index >= 15 is 0 Å². The van der Waals surface area contributed by atoms with Crippen LogP contribution < -0.4 is 10.6 Å². The normalized spacial score (nSPS) is 16.0. The molecule has 2 aromatic rings. The second kappa shape index (κ2) is 10.3. The van der Waals surface area contributed by atoms with Crippen molar-refractivity contribution in [3.8, 4) is 0 Å². The third-order valence-electron chi connectivity index (χ3n) is 5.16. The van der Waals surface area contributed by atoms with Gasteiger partial charge in [0.2, 0.25) is 0 Å². The molecule has 0 bridgehead atoms. The molecule has 1 atom stereocenters. The number of furan rings is 1. The Kier molecular flexibility index (Phi) is 7.47. The number of ether oxygens (including phenoxy) is 3. The van der Waals surface area contributed by atoms with Crippen molar-refractivity contribution in [1.82, 2.24) is 10.6 Å². The van der Waals surface area contributed by atoms with Gasteiger partial charge in [-0.3, -0.25) is 9.59 Å². The van der Waals surface area contributed by atoms with Crippen molar-refractivity contribution in [3.05, 3.63) is 76.6 Å². The molecule has 0 aliphatic carbocycles. The van der Waals surface area contributed by atoms with Gasteiger partial charge in [0.25, 0.3) is 11.8 Å². The number of carbonyl (C=O) groups excluding carboxylic acids is 3. The molecular formula is C24H26N2O7. The monoisotopic (exact) mass is 454 g/mol. The molecule has 0 saturated heterocycles. The fourth-order valence-electron chi connectivity index (χ4n) is 3.38. The molecule has 2 amide bonds. The van der Waals surface area contributed by atoms with E-state index in [1.807, 2.05) is 6.92 Å². The predicted octanol–water partition coefficient (Wildman–Crippen LogP) is 2.68. The standard InChI is InChI=1S/C24H26N2O7/c1-13-11-12-17(32-13)14(2)20-15(3)18(23(29)33-20)25-22(28)19(24(30-4)31-5)26-21(27)16-9-7-6-8-10-16/h6-12,19,24H,1-5H3,(H,25,28)(H,26,27)/b20-14-/t19-/m0/s1. The molecule has 0 spiro atoms. The zero-order chi connectivity index (χ0) is 24.1. The summed E-state index contributed by atoms with van der Waals surface area (Å²) in [7, 11) is 2.68. The van der Waals surface area contributed by atoms with E-state index < -0.39 is 30.1 Å². The quantitative estimate of drug-likeness (QED) is 0.465. The number of nitrogens with one attached hydrogen (secondary N) is 2. The van der Waals surface area contributed by atoms with Crippen LogP contribution in [0.15, 0.2) is 63.9 Å². The van der Waals surface area contributed by atoms with Crippen LogP contribution in [0.4, 0.5) is 0 Å². The topological polar surface area (TPSA) is 116 Å². The molecule has 1 aliphatic rings. The van der Waals surface area contributed by atoms with Crippen LogP contribution >= 0.6 is 0 Å². The zero-order valence-corrected chi connectivity index (χ0v) is 19.1. The first kappa shape index (κ1) is 24.0. The van der Waals surface area contributed by atoms with Gasteiger partial charge in [0.1, 0.15) is 23.0 Å². The Balaban J connectivity index is 1.86. The largest absolute Gasteiger partial charge is 0.462 e. The number of rotatable bonds is 8. The fraction of sp³-hybridized carbons (Fsp3) is 0.292. The van der Waals surface area contributed by atoms with Crippen molar-refractivity contribution in [2.45, 2.75) is 33.1 Å². The minimum atomic E-state index is -1.25. The first-order valence-electron chi connectivity index (χ1n) is 10.2. The fourth-order valence-corrected chi connectivity index (χ4v) is 3.38. The molecular weight excluding hydrogens is 428 g/mol. The van der Waals surface area contributed by atoms with Gasteiger partial charge >= 0.3 is 5.97 Å². The molecule has 0 radical (unpaired) electrons. The highest BCUT2D eigenvalue weighted by molar-refractivity contribution is 6.02. The number of cyclic esters (lactones) is 1. The molecule has 1 aromatic heterocycles. The van der Waals surface area contributed by atoms with Crippen molar-refractivity contribution >= 4 is 23.4 Å². The van der Waals surface area contributed by atoms with E-state index in [1.54, 1.807) is 56.3 Å². The molecule has 2 heterocycles. The molecule has 0 saturated carbocycles. The van der Waals surface area contributed by atoms with Crippen LogP contribution in [0.25, 0.3) is 5.57 Å². The summed E-state index contributed by atoms with van der Waals surface area (Å²) in [6.07, 6.45) is -1.10. The van der Waals surface area contributed by atoms with Crippen molar-refractivity contribution in [1.29, 1.82) is 0 Å². The predicted molar refractivity (Wildman–Crippen MR) is 118 cm³/mol. The number of methoxy groups -OCH3 is 2. The van der Waals surface area contributed by atoms with Gasteiger partial charge in [0.05, 0.1) is 0 Å². The number of amides is 2. The summed E-state index contributed by atoms with van der Waals surface area (Å²) in [5.74, 6) is -0.366. The summed E-state index contributed by atoms with van der Waals surface area (Å²) in [6, 6.07) is 10.7. The van der Waals surface area contributed by atoms with Crippen LogP contribution in [0.1, 0.15) is 35.7 Å². The van der Waals surface area contributed by atoms with E-state index in [2.05, 4.69) is 10.6 Å². The molecule has 9 heteroatoms. The molecule has 0 fully saturated rings. The van der Waals surface area contributed by atoms with Crippen LogP contribution in [-0.4, -0.2) is 44.3 Å². The van der Waals surface area contributed by atoms with Gasteiger partial charge in [-0.05, 0) is 45.0 Å².